The molecule has 1 saturated heterocycles. The van der Waals surface area contributed by atoms with Gasteiger partial charge in [0, 0.05) is 29.6 Å². The minimum Gasteiger partial charge on any atom is -0.356 e. The number of rotatable bonds is 6. The van der Waals surface area contributed by atoms with Crippen LogP contribution >= 0.6 is 0 Å². The van der Waals surface area contributed by atoms with Gasteiger partial charge < -0.3 is 10.3 Å². The Kier molecular flexibility index (Phi) is 5.98. The number of anilines is 1. The van der Waals surface area contributed by atoms with Crippen LogP contribution in [0, 0.1) is 5.92 Å². The summed E-state index contributed by atoms with van der Waals surface area (Å²) in [6.45, 7) is 4.72. The molecule has 3 aromatic carbocycles. The zero-order valence-corrected chi connectivity index (χ0v) is 21.5. The molecular formula is C31H30N4O3. The first kappa shape index (κ1) is 24.0. The first-order chi connectivity index (χ1) is 18.5. The van der Waals surface area contributed by atoms with Crippen LogP contribution in [0.15, 0.2) is 78.9 Å². The summed E-state index contributed by atoms with van der Waals surface area (Å²) in [7, 11) is 0. The maximum Gasteiger partial charge on any atom is 0.332 e. The molecule has 0 aliphatic carbocycles. The molecule has 4 aromatic rings. The van der Waals surface area contributed by atoms with Crippen molar-refractivity contribution < 1.29 is 14.4 Å². The molecule has 2 atom stereocenters. The van der Waals surface area contributed by atoms with Gasteiger partial charge in [-0.1, -0.05) is 74.5 Å². The number of carbonyl (C=O) groups excluding carboxylic acids is 3. The normalized spacial score (nSPS) is 18.7. The van der Waals surface area contributed by atoms with Gasteiger partial charge in [-0.3, -0.25) is 14.5 Å². The molecule has 2 aliphatic rings. The van der Waals surface area contributed by atoms with Crippen molar-refractivity contribution in [2.75, 3.05) is 11.4 Å². The van der Waals surface area contributed by atoms with Crippen molar-refractivity contribution in [1.82, 2.24) is 15.2 Å². The zero-order chi connectivity index (χ0) is 26.4. The van der Waals surface area contributed by atoms with E-state index >= 15 is 0 Å². The Bertz CT molecular complexity index is 1540. The minimum absolute atomic E-state index is 0.289. The topological polar surface area (TPSA) is 85.5 Å². The van der Waals surface area contributed by atoms with E-state index < -0.39 is 18.1 Å². The number of hydrogen-bond donors (Lipinski definition) is 2. The van der Waals surface area contributed by atoms with Gasteiger partial charge in [0.1, 0.15) is 12.1 Å². The van der Waals surface area contributed by atoms with Crippen molar-refractivity contribution in [2.24, 2.45) is 5.92 Å². The van der Waals surface area contributed by atoms with E-state index in [1.165, 1.54) is 4.90 Å². The Hall–Kier alpha value is -4.39. The van der Waals surface area contributed by atoms with Crippen LogP contribution in [0.1, 0.15) is 53.5 Å². The molecule has 0 unspecified atom stereocenters. The number of nitrogens with one attached hydrogen (secondary N) is 2. The molecular weight excluding hydrogens is 476 g/mol. The second kappa shape index (κ2) is 9.49. The van der Waals surface area contributed by atoms with Gasteiger partial charge in [0.05, 0.1) is 11.3 Å². The number of amides is 4. The van der Waals surface area contributed by atoms with Gasteiger partial charge in [0.15, 0.2) is 0 Å². The molecule has 6 rings (SSSR count). The average molecular weight is 507 g/mol. The molecule has 1 aromatic heterocycles. The Morgan fingerprint density at radius 1 is 0.974 bits per heavy atom. The van der Waals surface area contributed by atoms with Crippen LogP contribution in [0.4, 0.5) is 10.5 Å². The van der Waals surface area contributed by atoms with Crippen LogP contribution in [0.25, 0.3) is 10.9 Å². The summed E-state index contributed by atoms with van der Waals surface area (Å²) in [4.78, 5) is 47.7. The smallest absolute Gasteiger partial charge is 0.332 e. The number of aromatic nitrogens is 1. The van der Waals surface area contributed by atoms with Crippen LogP contribution in [-0.2, 0) is 11.2 Å². The summed E-state index contributed by atoms with van der Waals surface area (Å²) in [6, 6.07) is 23.1. The molecule has 0 saturated carbocycles. The predicted molar refractivity (Wildman–Crippen MR) is 147 cm³/mol. The van der Waals surface area contributed by atoms with Gasteiger partial charge in [-0.15, -0.1) is 0 Å². The van der Waals surface area contributed by atoms with Crippen LogP contribution in [-0.4, -0.2) is 40.3 Å². The van der Waals surface area contributed by atoms with Gasteiger partial charge in [-0.2, -0.15) is 0 Å². The lowest BCUT2D eigenvalue weighted by atomic mass is 9.89. The highest BCUT2D eigenvalue weighted by Gasteiger charge is 2.53. The lowest BCUT2D eigenvalue weighted by Crippen LogP contribution is -2.44. The standard InChI is InChI=1S/C31H30N4O3/c1-19(2)16-17-32-29(36)22-13-7-9-15-25(22)35-30(37)26-18-23-21-12-6-8-14-24(21)33-27(23)28(34(26)31(35)38)20-10-4-3-5-11-20/h3-15,19,26,28,33H,16-18H2,1-2H3,(H,32,36)/t26-,28+/m0/s1. The van der Waals surface area contributed by atoms with E-state index in [1.807, 2.05) is 48.5 Å². The highest BCUT2D eigenvalue weighted by atomic mass is 16.2. The van der Waals surface area contributed by atoms with Crippen molar-refractivity contribution in [2.45, 2.75) is 38.8 Å². The monoisotopic (exact) mass is 506 g/mol. The number of nitrogens with zero attached hydrogens (tertiary/aromatic N) is 2. The summed E-state index contributed by atoms with van der Waals surface area (Å²) in [5, 5.41) is 4.01. The molecule has 38 heavy (non-hydrogen) atoms. The quantitative estimate of drug-likeness (QED) is 0.342. The number of hydrogen-bond acceptors (Lipinski definition) is 3. The van der Waals surface area contributed by atoms with Crippen molar-refractivity contribution >= 4 is 34.4 Å². The second-order valence-corrected chi connectivity index (χ2v) is 10.4. The van der Waals surface area contributed by atoms with Crippen molar-refractivity contribution in [3.8, 4) is 0 Å². The molecule has 0 spiro atoms. The van der Waals surface area contributed by atoms with E-state index in [4.69, 9.17) is 0 Å². The molecule has 4 amide bonds. The third kappa shape index (κ3) is 3.86. The summed E-state index contributed by atoms with van der Waals surface area (Å²) in [5.74, 6) is -0.150. The molecule has 0 bridgehead atoms. The van der Waals surface area contributed by atoms with Gasteiger partial charge in [0.2, 0.25) is 0 Å². The molecule has 2 N–H and O–H groups in total. The molecule has 7 nitrogen and oxygen atoms in total. The number of carbonyl (C=O) groups is 3. The Morgan fingerprint density at radius 3 is 2.47 bits per heavy atom. The highest BCUT2D eigenvalue weighted by molar-refractivity contribution is 6.24. The summed E-state index contributed by atoms with van der Waals surface area (Å²) < 4.78 is 0. The Balaban J connectivity index is 1.42. The van der Waals surface area contributed by atoms with Gasteiger partial charge in [-0.25, -0.2) is 9.69 Å². The van der Waals surface area contributed by atoms with E-state index in [1.54, 1.807) is 29.2 Å². The van der Waals surface area contributed by atoms with Crippen molar-refractivity contribution in [1.29, 1.82) is 0 Å². The number of imide groups is 1. The summed E-state index contributed by atoms with van der Waals surface area (Å²) >= 11 is 0. The van der Waals surface area contributed by atoms with Crippen LogP contribution in [0.2, 0.25) is 0 Å². The number of aromatic amines is 1. The third-order valence-electron chi connectivity index (χ3n) is 7.56. The van der Waals surface area contributed by atoms with Crippen molar-refractivity contribution in [3.05, 3.63) is 101 Å². The van der Waals surface area contributed by atoms with E-state index in [0.29, 0.717) is 30.1 Å². The lowest BCUT2D eigenvalue weighted by molar-refractivity contribution is -0.120. The fraction of sp³-hybridized carbons (Fsp3) is 0.258. The second-order valence-electron chi connectivity index (χ2n) is 10.4. The predicted octanol–water partition coefficient (Wildman–Crippen LogP) is 5.43. The third-order valence-corrected chi connectivity index (χ3v) is 7.56. The van der Waals surface area contributed by atoms with E-state index in [9.17, 15) is 14.4 Å². The molecule has 3 heterocycles. The summed E-state index contributed by atoms with van der Waals surface area (Å²) in [6.07, 6.45) is 1.25. The number of benzene rings is 3. The van der Waals surface area contributed by atoms with Gasteiger partial charge in [0.25, 0.3) is 11.8 Å². The average Bonchev–Trinajstić information content (AvgIpc) is 3.42. The Labute approximate surface area is 221 Å². The molecule has 1 fully saturated rings. The number of H-pyrrole nitrogens is 1. The maximum atomic E-state index is 14.1. The molecule has 7 heteroatoms. The van der Waals surface area contributed by atoms with Crippen LogP contribution in [0.5, 0.6) is 0 Å². The van der Waals surface area contributed by atoms with Crippen molar-refractivity contribution in [3.63, 3.8) is 0 Å². The van der Waals surface area contributed by atoms with E-state index in [0.717, 1.165) is 34.1 Å². The van der Waals surface area contributed by atoms with Crippen LogP contribution in [0.3, 0.4) is 0 Å². The largest absolute Gasteiger partial charge is 0.356 e. The van der Waals surface area contributed by atoms with E-state index in [2.05, 4.69) is 30.2 Å². The molecule has 2 aliphatic heterocycles. The summed E-state index contributed by atoms with van der Waals surface area (Å²) in [5.41, 5.74) is 4.53. The fourth-order valence-electron chi connectivity index (χ4n) is 5.71. The first-order valence-electron chi connectivity index (χ1n) is 13.1. The SMILES string of the molecule is CC(C)CCNC(=O)c1ccccc1N1C(=O)[C@@H]2Cc3c([nH]c4ccccc34)[C@@H](c3ccccc3)N2C1=O. The maximum absolute atomic E-state index is 14.1. The van der Waals surface area contributed by atoms with Crippen LogP contribution < -0.4 is 10.2 Å². The highest BCUT2D eigenvalue weighted by Crippen LogP contribution is 2.45. The number of para-hydroxylation sites is 2. The molecule has 192 valence electrons. The molecule has 0 radical (unpaired) electrons. The Morgan fingerprint density at radius 2 is 1.68 bits per heavy atom. The lowest BCUT2D eigenvalue weighted by Gasteiger charge is -2.36. The fourth-order valence-corrected chi connectivity index (χ4v) is 5.71. The van der Waals surface area contributed by atoms with E-state index in [-0.39, 0.29) is 11.8 Å². The number of fused-ring (bicyclic) bond motifs is 4. The van der Waals surface area contributed by atoms with Gasteiger partial charge >= 0.3 is 6.03 Å². The minimum atomic E-state index is -0.670. The first-order valence-corrected chi connectivity index (χ1v) is 13.1. The van der Waals surface area contributed by atoms with Gasteiger partial charge in [-0.05, 0) is 41.7 Å². The zero-order valence-electron chi connectivity index (χ0n) is 21.5. The number of urea groups is 1.